The molecule has 0 radical (unpaired) electrons. The molecule has 1 rings (SSSR count). The van der Waals surface area contributed by atoms with Gasteiger partial charge in [-0.3, -0.25) is 4.79 Å². The van der Waals surface area contributed by atoms with Crippen molar-refractivity contribution >= 4 is 5.78 Å². The van der Waals surface area contributed by atoms with Crippen LogP contribution in [0.4, 0.5) is 13.2 Å². The number of alkyl halides is 3. The van der Waals surface area contributed by atoms with Gasteiger partial charge in [0.15, 0.2) is 0 Å². The second-order valence-corrected chi connectivity index (χ2v) is 3.94. The van der Waals surface area contributed by atoms with Crippen LogP contribution in [0.3, 0.4) is 0 Å². The van der Waals surface area contributed by atoms with Crippen LogP contribution < -0.4 is 0 Å². The Balaban J connectivity index is 1.91. The first-order valence-corrected chi connectivity index (χ1v) is 5.13. The Labute approximate surface area is 86.8 Å². The van der Waals surface area contributed by atoms with Gasteiger partial charge in [0, 0.05) is 12.8 Å². The Bertz CT molecular complexity index is 209. The highest BCUT2D eigenvalue weighted by molar-refractivity contribution is 5.78. The van der Waals surface area contributed by atoms with E-state index in [9.17, 15) is 18.0 Å². The number of hydrogen-bond acceptors (Lipinski definition) is 2. The van der Waals surface area contributed by atoms with Crippen molar-refractivity contribution in [2.45, 2.75) is 38.3 Å². The molecule has 0 unspecified atom stereocenters. The monoisotopic (exact) mass is 224 g/mol. The molecule has 1 fully saturated rings. The summed E-state index contributed by atoms with van der Waals surface area (Å²) in [7, 11) is 0. The highest BCUT2D eigenvalue weighted by atomic mass is 19.4. The minimum absolute atomic E-state index is 0.00377. The van der Waals surface area contributed by atoms with Gasteiger partial charge < -0.3 is 4.74 Å². The van der Waals surface area contributed by atoms with Gasteiger partial charge >= 0.3 is 6.18 Å². The Kier molecular flexibility index (Phi) is 4.57. The summed E-state index contributed by atoms with van der Waals surface area (Å²) in [5.41, 5.74) is 0. The van der Waals surface area contributed by atoms with E-state index in [0.717, 1.165) is 6.42 Å². The Morgan fingerprint density at radius 1 is 1.27 bits per heavy atom. The molecule has 0 aromatic heterocycles. The zero-order valence-corrected chi connectivity index (χ0v) is 8.48. The summed E-state index contributed by atoms with van der Waals surface area (Å²) in [5.74, 6) is 0.689. The lowest BCUT2D eigenvalue weighted by molar-refractivity contribution is -0.174. The fraction of sp³-hybridized carbons (Fsp3) is 0.900. The van der Waals surface area contributed by atoms with E-state index < -0.39 is 12.8 Å². The van der Waals surface area contributed by atoms with Gasteiger partial charge in [-0.2, -0.15) is 13.2 Å². The Morgan fingerprint density at radius 3 is 2.47 bits per heavy atom. The van der Waals surface area contributed by atoms with Crippen LogP contribution in [-0.4, -0.2) is 25.2 Å². The molecular weight excluding hydrogens is 209 g/mol. The van der Waals surface area contributed by atoms with Gasteiger partial charge in [0.2, 0.25) is 0 Å². The SMILES string of the molecule is O=C(CCOCC(F)(F)F)CCC1CC1. The van der Waals surface area contributed by atoms with Crippen molar-refractivity contribution in [1.29, 1.82) is 0 Å². The Hall–Kier alpha value is -0.580. The lowest BCUT2D eigenvalue weighted by Crippen LogP contribution is -2.18. The summed E-state index contributed by atoms with van der Waals surface area (Å²) in [4.78, 5) is 11.1. The predicted octanol–water partition coefficient (Wildman–Crippen LogP) is 2.71. The summed E-state index contributed by atoms with van der Waals surface area (Å²) in [5, 5.41) is 0. The third kappa shape index (κ3) is 7.36. The van der Waals surface area contributed by atoms with E-state index in [1.54, 1.807) is 0 Å². The summed E-state index contributed by atoms with van der Waals surface area (Å²) < 4.78 is 39.2. The molecule has 15 heavy (non-hydrogen) atoms. The lowest BCUT2D eigenvalue weighted by atomic mass is 10.1. The van der Waals surface area contributed by atoms with Crippen molar-refractivity contribution in [3.05, 3.63) is 0 Å². The predicted molar refractivity (Wildman–Crippen MR) is 48.5 cm³/mol. The number of hydrogen-bond donors (Lipinski definition) is 0. The molecule has 1 saturated carbocycles. The molecule has 0 bridgehead atoms. The molecule has 0 spiro atoms. The summed E-state index contributed by atoms with van der Waals surface area (Å²) in [6.07, 6.45) is -0.437. The van der Waals surface area contributed by atoms with E-state index in [4.69, 9.17) is 0 Å². The maximum atomic E-state index is 11.6. The quantitative estimate of drug-likeness (QED) is 0.621. The van der Waals surface area contributed by atoms with Gasteiger partial charge in [0.25, 0.3) is 0 Å². The Morgan fingerprint density at radius 2 is 1.93 bits per heavy atom. The van der Waals surface area contributed by atoms with E-state index >= 15 is 0 Å². The van der Waals surface area contributed by atoms with Gasteiger partial charge in [-0.05, 0) is 12.3 Å². The summed E-state index contributed by atoms with van der Waals surface area (Å²) >= 11 is 0. The minimum Gasteiger partial charge on any atom is -0.372 e. The molecule has 5 heteroatoms. The normalized spacial score (nSPS) is 16.7. The third-order valence-corrected chi connectivity index (χ3v) is 2.32. The maximum Gasteiger partial charge on any atom is 0.411 e. The average molecular weight is 224 g/mol. The molecule has 0 atom stereocenters. The fourth-order valence-corrected chi connectivity index (χ4v) is 1.27. The second-order valence-electron chi connectivity index (χ2n) is 3.94. The molecule has 0 aromatic carbocycles. The van der Waals surface area contributed by atoms with Gasteiger partial charge in [0.05, 0.1) is 6.61 Å². The van der Waals surface area contributed by atoms with Crippen molar-refractivity contribution in [3.8, 4) is 0 Å². The lowest BCUT2D eigenvalue weighted by Gasteiger charge is -2.06. The second kappa shape index (κ2) is 5.49. The van der Waals surface area contributed by atoms with Crippen molar-refractivity contribution < 1.29 is 22.7 Å². The van der Waals surface area contributed by atoms with E-state index in [0.29, 0.717) is 12.3 Å². The number of Topliss-reactive ketones (excluding diaryl/α,β-unsaturated/α-hetero) is 1. The molecule has 2 nitrogen and oxygen atoms in total. The van der Waals surface area contributed by atoms with E-state index in [1.807, 2.05) is 0 Å². The van der Waals surface area contributed by atoms with E-state index in [2.05, 4.69) is 4.74 Å². The van der Waals surface area contributed by atoms with Gasteiger partial charge in [-0.1, -0.05) is 12.8 Å². The van der Waals surface area contributed by atoms with Gasteiger partial charge in [0.1, 0.15) is 12.4 Å². The van der Waals surface area contributed by atoms with Crippen LogP contribution in [0.5, 0.6) is 0 Å². The van der Waals surface area contributed by atoms with Crippen LogP contribution >= 0.6 is 0 Å². The van der Waals surface area contributed by atoms with Crippen molar-refractivity contribution in [1.82, 2.24) is 0 Å². The van der Waals surface area contributed by atoms with Crippen LogP contribution in [0.1, 0.15) is 32.1 Å². The third-order valence-electron chi connectivity index (χ3n) is 2.32. The average Bonchev–Trinajstić information content (AvgIpc) is 2.91. The van der Waals surface area contributed by atoms with E-state index in [-0.39, 0.29) is 18.8 Å². The largest absolute Gasteiger partial charge is 0.411 e. The van der Waals surface area contributed by atoms with Crippen LogP contribution in [0.25, 0.3) is 0 Å². The molecule has 0 aromatic rings. The number of halogens is 3. The van der Waals surface area contributed by atoms with Crippen LogP contribution in [-0.2, 0) is 9.53 Å². The summed E-state index contributed by atoms with van der Waals surface area (Å²) in [6.45, 7) is -1.38. The van der Waals surface area contributed by atoms with Crippen molar-refractivity contribution in [2.24, 2.45) is 5.92 Å². The molecule has 0 aliphatic heterocycles. The first kappa shape index (κ1) is 12.5. The number of ether oxygens (including phenoxy) is 1. The molecule has 0 amide bonds. The number of ketones is 1. The first-order valence-electron chi connectivity index (χ1n) is 5.13. The van der Waals surface area contributed by atoms with E-state index in [1.165, 1.54) is 12.8 Å². The zero-order valence-electron chi connectivity index (χ0n) is 8.48. The maximum absolute atomic E-state index is 11.6. The number of carbonyl (C=O) groups is 1. The molecule has 0 saturated heterocycles. The number of rotatable bonds is 7. The fourth-order valence-electron chi connectivity index (χ4n) is 1.27. The van der Waals surface area contributed by atoms with Crippen LogP contribution in [0, 0.1) is 5.92 Å². The summed E-state index contributed by atoms with van der Waals surface area (Å²) in [6, 6.07) is 0. The molecule has 88 valence electrons. The topological polar surface area (TPSA) is 26.3 Å². The minimum atomic E-state index is -4.29. The molecule has 0 heterocycles. The smallest absolute Gasteiger partial charge is 0.372 e. The molecule has 1 aliphatic rings. The number of carbonyl (C=O) groups excluding carboxylic acids is 1. The van der Waals surface area contributed by atoms with Crippen molar-refractivity contribution in [2.75, 3.05) is 13.2 Å². The first-order chi connectivity index (χ1) is 6.97. The van der Waals surface area contributed by atoms with Gasteiger partial charge in [-0.25, -0.2) is 0 Å². The highest BCUT2D eigenvalue weighted by Crippen LogP contribution is 2.33. The zero-order chi connectivity index (χ0) is 11.3. The highest BCUT2D eigenvalue weighted by Gasteiger charge is 2.27. The molecule has 0 N–H and O–H groups in total. The van der Waals surface area contributed by atoms with Crippen LogP contribution in [0.15, 0.2) is 0 Å². The standard InChI is InChI=1S/C10H15F3O2/c11-10(12,13)7-15-6-5-9(14)4-3-8-1-2-8/h8H,1-7H2. The molecule has 1 aliphatic carbocycles. The molecular formula is C10H15F3O2. The van der Waals surface area contributed by atoms with Crippen molar-refractivity contribution in [3.63, 3.8) is 0 Å². The van der Waals surface area contributed by atoms with Crippen LogP contribution in [0.2, 0.25) is 0 Å². The van der Waals surface area contributed by atoms with Gasteiger partial charge in [-0.15, -0.1) is 0 Å².